The summed E-state index contributed by atoms with van der Waals surface area (Å²) in [5, 5.41) is 14.1. The fourth-order valence-electron chi connectivity index (χ4n) is 0. The van der Waals surface area contributed by atoms with Crippen molar-refractivity contribution in [1.82, 2.24) is 0 Å². The van der Waals surface area contributed by atoms with Gasteiger partial charge >= 0.3 is 0 Å². The molecule has 0 spiro atoms. The number of hydrogen-bond acceptors (Lipinski definition) is 3. The Morgan fingerprint density at radius 2 is 1.60 bits per heavy atom. The first-order valence-electron chi connectivity index (χ1n) is 1.17. The minimum absolute atomic E-state index is 1.16. The van der Waals surface area contributed by atoms with Crippen LogP contribution in [0.5, 0.6) is 0 Å². The molecule has 0 rings (SSSR count). The molecule has 2 N–H and O–H groups in total. The molecule has 0 aliphatic rings. The van der Waals surface area contributed by atoms with Crippen LogP contribution >= 0.6 is 12.6 Å². The second-order valence-corrected chi connectivity index (χ2v) is 1.82. The quantitative estimate of drug-likeness (QED) is 0.282. The first kappa shape index (κ1) is 5.27. The largest absolute Gasteiger partial charge is 0.358 e. The third kappa shape index (κ3) is 302. The van der Waals surface area contributed by atoms with Crippen molar-refractivity contribution in [1.29, 1.82) is 0 Å². The van der Waals surface area contributed by atoms with E-state index in [9.17, 15) is 0 Å². The van der Waals surface area contributed by atoms with E-state index in [4.69, 9.17) is 10.2 Å². The summed E-state index contributed by atoms with van der Waals surface area (Å²) in [5.74, 6) is 0. The lowest BCUT2D eigenvalue weighted by molar-refractivity contribution is -0.0567. The van der Waals surface area contributed by atoms with Gasteiger partial charge in [-0.25, -0.2) is 0 Å². The highest BCUT2D eigenvalue weighted by Gasteiger charge is 2.02. The second-order valence-electron chi connectivity index (χ2n) is 0.971. The van der Waals surface area contributed by atoms with Crippen LogP contribution in [0.1, 0.15) is 6.92 Å². The molecule has 0 amide bonds. The van der Waals surface area contributed by atoms with Gasteiger partial charge < -0.3 is 10.2 Å². The van der Waals surface area contributed by atoms with Gasteiger partial charge in [-0.15, -0.1) is 12.6 Å². The predicted molar refractivity (Wildman–Crippen MR) is 21.8 cm³/mol. The normalized spacial score (nSPS) is 12.0. The van der Waals surface area contributed by atoms with Gasteiger partial charge in [-0.3, -0.25) is 0 Å². The zero-order chi connectivity index (χ0) is 4.50. The molecule has 2 nitrogen and oxygen atoms in total. The minimum Gasteiger partial charge on any atom is -0.358 e. The predicted octanol–water partition coefficient (Wildman–Crippen LogP) is -0.425. The van der Waals surface area contributed by atoms with Crippen molar-refractivity contribution in [2.24, 2.45) is 0 Å². The molecule has 0 unspecified atom stereocenters. The van der Waals surface area contributed by atoms with Crippen LogP contribution in [0.4, 0.5) is 0 Å². The Kier molecular flexibility index (Phi) is 1.22. The standard InChI is InChI=1S/C2H6O2S/c1-2(3,4)5/h3-5H,1H3. The number of thiol groups is 1. The Bertz CT molecular complexity index is 23.1. The van der Waals surface area contributed by atoms with E-state index >= 15 is 0 Å². The first-order chi connectivity index (χ1) is 2.00. The van der Waals surface area contributed by atoms with Gasteiger partial charge in [0.1, 0.15) is 0 Å². The molecule has 0 saturated carbocycles. The summed E-state index contributed by atoms with van der Waals surface area (Å²) in [7, 11) is 0. The van der Waals surface area contributed by atoms with E-state index in [1.54, 1.807) is 0 Å². The lowest BCUT2D eigenvalue weighted by Crippen LogP contribution is -2.11. The zero-order valence-corrected chi connectivity index (χ0v) is 3.74. The van der Waals surface area contributed by atoms with Gasteiger partial charge in [0.2, 0.25) is 5.12 Å². The summed E-state index contributed by atoms with van der Waals surface area (Å²) >= 11 is 3.23. The number of hydrogen-bond donors (Lipinski definition) is 3. The molecule has 5 heavy (non-hydrogen) atoms. The smallest absolute Gasteiger partial charge is 0.207 e. The molecule has 0 aliphatic carbocycles. The number of aliphatic hydroxyl groups is 2. The van der Waals surface area contributed by atoms with Gasteiger partial charge in [0.05, 0.1) is 0 Å². The average Bonchev–Trinajstić information content (AvgIpc) is 0.722. The Hall–Kier alpha value is 0.270. The summed E-state index contributed by atoms with van der Waals surface area (Å²) in [5.41, 5.74) is 0. The van der Waals surface area contributed by atoms with E-state index in [0.29, 0.717) is 0 Å². The molecule has 0 heterocycles. The van der Waals surface area contributed by atoms with Crippen molar-refractivity contribution in [3.05, 3.63) is 0 Å². The van der Waals surface area contributed by atoms with Gasteiger partial charge in [0.15, 0.2) is 0 Å². The van der Waals surface area contributed by atoms with Crippen LogP contribution in [0.15, 0.2) is 0 Å². The summed E-state index contributed by atoms with van der Waals surface area (Å²) in [6.45, 7) is 1.16. The maximum atomic E-state index is 7.94. The van der Waals surface area contributed by atoms with Gasteiger partial charge in [0.25, 0.3) is 0 Å². The Morgan fingerprint density at radius 1 is 1.60 bits per heavy atom. The van der Waals surface area contributed by atoms with Crippen LogP contribution < -0.4 is 0 Å². The van der Waals surface area contributed by atoms with Crippen molar-refractivity contribution in [2.75, 3.05) is 0 Å². The zero-order valence-electron chi connectivity index (χ0n) is 2.84. The highest BCUT2D eigenvalue weighted by atomic mass is 32.1. The molecule has 0 fully saturated rings. The fraction of sp³-hybridized carbons (Fsp3) is 1.00. The summed E-state index contributed by atoms with van der Waals surface area (Å²) < 4.78 is 0. The fourth-order valence-corrected chi connectivity index (χ4v) is 0. The molecule has 0 aliphatic heterocycles. The summed E-state index contributed by atoms with van der Waals surface area (Å²) in [4.78, 5) is 0. The Balaban J connectivity index is 3.02. The maximum absolute atomic E-state index is 7.94. The molecule has 32 valence electrons. The Labute approximate surface area is 35.8 Å². The van der Waals surface area contributed by atoms with Crippen LogP contribution in [-0.4, -0.2) is 15.3 Å². The monoisotopic (exact) mass is 94.0 g/mol. The molecule has 0 radical (unpaired) electrons. The van der Waals surface area contributed by atoms with Gasteiger partial charge in [-0.2, -0.15) is 0 Å². The van der Waals surface area contributed by atoms with Crippen LogP contribution in [0.3, 0.4) is 0 Å². The SMILES string of the molecule is CC(O)(O)S. The third-order valence-corrected chi connectivity index (χ3v) is 0. The maximum Gasteiger partial charge on any atom is 0.207 e. The third-order valence-electron chi connectivity index (χ3n) is 0. The highest BCUT2D eigenvalue weighted by molar-refractivity contribution is 7.81. The van der Waals surface area contributed by atoms with Crippen LogP contribution in [0.25, 0.3) is 0 Å². The summed E-state index contributed by atoms with van der Waals surface area (Å²) in [6.07, 6.45) is 0. The van der Waals surface area contributed by atoms with Gasteiger partial charge in [-0.05, 0) is 6.92 Å². The van der Waals surface area contributed by atoms with Crippen molar-refractivity contribution in [3.8, 4) is 0 Å². The van der Waals surface area contributed by atoms with E-state index in [2.05, 4.69) is 12.6 Å². The van der Waals surface area contributed by atoms with E-state index in [0.717, 1.165) is 6.92 Å². The van der Waals surface area contributed by atoms with E-state index < -0.39 is 5.12 Å². The topological polar surface area (TPSA) is 40.5 Å². The number of rotatable bonds is 0. The van der Waals surface area contributed by atoms with Crippen LogP contribution in [0, 0.1) is 0 Å². The molecule has 0 saturated heterocycles. The first-order valence-corrected chi connectivity index (χ1v) is 1.62. The van der Waals surface area contributed by atoms with Crippen LogP contribution in [0.2, 0.25) is 0 Å². The molecule has 0 aromatic rings. The lowest BCUT2D eigenvalue weighted by atomic mass is 10.8. The lowest BCUT2D eigenvalue weighted by Gasteiger charge is -2.02. The molecular weight excluding hydrogens is 88.1 g/mol. The highest BCUT2D eigenvalue weighted by Crippen LogP contribution is 1.98. The average molecular weight is 94.1 g/mol. The van der Waals surface area contributed by atoms with E-state index in [1.165, 1.54) is 0 Å². The molecular formula is C2H6O2S. The Morgan fingerprint density at radius 3 is 1.60 bits per heavy atom. The minimum atomic E-state index is -1.81. The van der Waals surface area contributed by atoms with Crippen LogP contribution in [-0.2, 0) is 0 Å². The van der Waals surface area contributed by atoms with Crippen molar-refractivity contribution in [3.63, 3.8) is 0 Å². The van der Waals surface area contributed by atoms with E-state index in [-0.39, 0.29) is 0 Å². The molecule has 0 aromatic carbocycles. The van der Waals surface area contributed by atoms with Crippen molar-refractivity contribution in [2.45, 2.75) is 12.0 Å². The van der Waals surface area contributed by atoms with Gasteiger partial charge in [-0.1, -0.05) is 0 Å². The summed E-state index contributed by atoms with van der Waals surface area (Å²) in [6, 6.07) is 0. The second kappa shape index (κ2) is 1.16. The van der Waals surface area contributed by atoms with Gasteiger partial charge in [0, 0.05) is 0 Å². The molecule has 0 atom stereocenters. The molecule has 0 aromatic heterocycles. The molecule has 3 heteroatoms. The molecule has 0 bridgehead atoms. The van der Waals surface area contributed by atoms with Crippen molar-refractivity contribution >= 4 is 12.6 Å². The van der Waals surface area contributed by atoms with Crippen molar-refractivity contribution < 1.29 is 10.2 Å². The van der Waals surface area contributed by atoms with E-state index in [1.807, 2.05) is 0 Å².